The summed E-state index contributed by atoms with van der Waals surface area (Å²) in [6, 6.07) is 11.5. The minimum atomic E-state index is -0.180. The highest BCUT2D eigenvalue weighted by Gasteiger charge is 2.13. The second-order valence-corrected chi connectivity index (χ2v) is 3.73. The van der Waals surface area contributed by atoms with Crippen molar-refractivity contribution in [3.8, 4) is 5.75 Å². The molecule has 88 valence electrons. The molecule has 0 aliphatic heterocycles. The molecule has 17 heavy (non-hydrogen) atoms. The molecule has 3 heteroatoms. The third-order valence-electron chi connectivity index (χ3n) is 2.62. The number of nitrogens with two attached hydrogens (primary N) is 1. The van der Waals surface area contributed by atoms with Gasteiger partial charge in [0.15, 0.2) is 0 Å². The van der Waals surface area contributed by atoms with Crippen LogP contribution in [-0.2, 0) is 0 Å². The summed E-state index contributed by atoms with van der Waals surface area (Å²) < 4.78 is 5.58. The molecule has 0 aliphatic rings. The molecule has 1 unspecified atom stereocenters. The number of hydrogen-bond acceptors (Lipinski definition) is 3. The van der Waals surface area contributed by atoms with Gasteiger partial charge in [-0.15, -0.1) is 0 Å². The van der Waals surface area contributed by atoms with E-state index in [1.54, 1.807) is 12.4 Å². The Morgan fingerprint density at radius 2 is 1.88 bits per heavy atom. The van der Waals surface area contributed by atoms with Crippen LogP contribution in [0.1, 0.15) is 24.1 Å². The minimum Gasteiger partial charge on any atom is -0.494 e. The normalized spacial score (nSPS) is 12.1. The van der Waals surface area contributed by atoms with Gasteiger partial charge in [-0.2, -0.15) is 0 Å². The first-order valence-electron chi connectivity index (χ1n) is 5.70. The second kappa shape index (κ2) is 5.46. The maximum atomic E-state index is 6.24. The molecule has 1 aromatic heterocycles. The van der Waals surface area contributed by atoms with Gasteiger partial charge in [0.2, 0.25) is 0 Å². The maximum absolute atomic E-state index is 6.24. The number of benzene rings is 1. The quantitative estimate of drug-likeness (QED) is 0.874. The molecular weight excluding hydrogens is 212 g/mol. The van der Waals surface area contributed by atoms with Gasteiger partial charge < -0.3 is 10.5 Å². The highest BCUT2D eigenvalue weighted by atomic mass is 16.5. The molecule has 3 nitrogen and oxygen atoms in total. The summed E-state index contributed by atoms with van der Waals surface area (Å²) in [6.07, 6.45) is 3.50. The molecule has 2 rings (SSSR count). The van der Waals surface area contributed by atoms with E-state index >= 15 is 0 Å². The van der Waals surface area contributed by atoms with Gasteiger partial charge in [0.1, 0.15) is 5.75 Å². The number of ether oxygens (including phenoxy) is 1. The predicted octanol–water partition coefficient (Wildman–Crippen LogP) is 2.53. The fraction of sp³-hybridized carbons (Fsp3) is 0.214. The van der Waals surface area contributed by atoms with E-state index in [0.29, 0.717) is 6.61 Å². The van der Waals surface area contributed by atoms with E-state index in [1.807, 2.05) is 43.3 Å². The van der Waals surface area contributed by atoms with Crippen LogP contribution in [0.3, 0.4) is 0 Å². The van der Waals surface area contributed by atoms with E-state index in [0.717, 1.165) is 16.9 Å². The van der Waals surface area contributed by atoms with Crippen molar-refractivity contribution in [3.05, 3.63) is 59.9 Å². The lowest BCUT2D eigenvalue weighted by Gasteiger charge is -2.16. The second-order valence-electron chi connectivity index (χ2n) is 3.73. The SMILES string of the molecule is CCOc1ccccc1C(N)c1ccncc1. The molecule has 0 spiro atoms. The van der Waals surface area contributed by atoms with E-state index < -0.39 is 0 Å². The smallest absolute Gasteiger partial charge is 0.124 e. The monoisotopic (exact) mass is 228 g/mol. The zero-order chi connectivity index (χ0) is 12.1. The van der Waals surface area contributed by atoms with Crippen LogP contribution in [0.2, 0.25) is 0 Å². The first kappa shape index (κ1) is 11.6. The summed E-state index contributed by atoms with van der Waals surface area (Å²) in [5, 5.41) is 0. The van der Waals surface area contributed by atoms with Crippen LogP contribution in [0.15, 0.2) is 48.8 Å². The zero-order valence-electron chi connectivity index (χ0n) is 9.84. The number of para-hydroxylation sites is 1. The molecule has 2 N–H and O–H groups in total. The molecule has 1 atom stereocenters. The van der Waals surface area contributed by atoms with Crippen molar-refractivity contribution in [2.24, 2.45) is 5.73 Å². The molecule has 0 radical (unpaired) electrons. The lowest BCUT2D eigenvalue weighted by atomic mass is 10.00. The van der Waals surface area contributed by atoms with Gasteiger partial charge in [0, 0.05) is 18.0 Å². The largest absolute Gasteiger partial charge is 0.494 e. The topological polar surface area (TPSA) is 48.1 Å². The van der Waals surface area contributed by atoms with Gasteiger partial charge in [-0.05, 0) is 30.7 Å². The van der Waals surface area contributed by atoms with E-state index in [4.69, 9.17) is 10.5 Å². The average Bonchev–Trinajstić information content (AvgIpc) is 2.40. The van der Waals surface area contributed by atoms with Crippen LogP contribution >= 0.6 is 0 Å². The Morgan fingerprint density at radius 3 is 2.59 bits per heavy atom. The summed E-state index contributed by atoms with van der Waals surface area (Å²) in [6.45, 7) is 2.61. The Balaban J connectivity index is 2.33. The summed E-state index contributed by atoms with van der Waals surface area (Å²) in [4.78, 5) is 3.99. The van der Waals surface area contributed by atoms with Crippen LogP contribution in [0.25, 0.3) is 0 Å². The third kappa shape index (κ3) is 2.63. The Labute approximate surface area is 101 Å². The molecular formula is C14H16N2O. The predicted molar refractivity (Wildman–Crippen MR) is 67.9 cm³/mol. The van der Waals surface area contributed by atoms with E-state index in [1.165, 1.54) is 0 Å². The van der Waals surface area contributed by atoms with E-state index in [-0.39, 0.29) is 6.04 Å². The summed E-state index contributed by atoms with van der Waals surface area (Å²) >= 11 is 0. The molecule has 0 amide bonds. The Bertz CT molecular complexity index is 471. The van der Waals surface area contributed by atoms with Crippen molar-refractivity contribution in [2.45, 2.75) is 13.0 Å². The van der Waals surface area contributed by atoms with Crippen molar-refractivity contribution in [1.29, 1.82) is 0 Å². The lowest BCUT2D eigenvalue weighted by Crippen LogP contribution is -2.13. The number of rotatable bonds is 4. The van der Waals surface area contributed by atoms with Crippen molar-refractivity contribution in [1.82, 2.24) is 4.98 Å². The lowest BCUT2D eigenvalue weighted by molar-refractivity contribution is 0.335. The van der Waals surface area contributed by atoms with E-state index in [9.17, 15) is 0 Å². The third-order valence-corrected chi connectivity index (χ3v) is 2.62. The molecule has 0 saturated heterocycles. The van der Waals surface area contributed by atoms with Gasteiger partial charge in [0.05, 0.1) is 12.6 Å². The fourth-order valence-electron chi connectivity index (χ4n) is 1.77. The number of nitrogens with zero attached hydrogens (tertiary/aromatic N) is 1. The zero-order valence-corrected chi connectivity index (χ0v) is 9.84. The number of hydrogen-bond donors (Lipinski definition) is 1. The van der Waals surface area contributed by atoms with Crippen LogP contribution in [0.5, 0.6) is 5.75 Å². The molecule has 0 saturated carbocycles. The van der Waals surface area contributed by atoms with Gasteiger partial charge in [0.25, 0.3) is 0 Å². The average molecular weight is 228 g/mol. The minimum absolute atomic E-state index is 0.180. The summed E-state index contributed by atoms with van der Waals surface area (Å²) in [7, 11) is 0. The van der Waals surface area contributed by atoms with Crippen LogP contribution in [0, 0.1) is 0 Å². The first-order valence-corrected chi connectivity index (χ1v) is 5.70. The summed E-state index contributed by atoms with van der Waals surface area (Å²) in [5.41, 5.74) is 8.27. The van der Waals surface area contributed by atoms with Crippen molar-refractivity contribution in [2.75, 3.05) is 6.61 Å². The van der Waals surface area contributed by atoms with Crippen molar-refractivity contribution < 1.29 is 4.74 Å². The molecule has 0 bridgehead atoms. The molecule has 0 aliphatic carbocycles. The Kier molecular flexibility index (Phi) is 3.73. The fourth-order valence-corrected chi connectivity index (χ4v) is 1.77. The molecule has 2 aromatic rings. The Morgan fingerprint density at radius 1 is 1.18 bits per heavy atom. The number of pyridine rings is 1. The number of aromatic nitrogens is 1. The highest BCUT2D eigenvalue weighted by molar-refractivity contribution is 5.40. The van der Waals surface area contributed by atoms with Gasteiger partial charge in [-0.3, -0.25) is 4.98 Å². The maximum Gasteiger partial charge on any atom is 0.124 e. The van der Waals surface area contributed by atoms with Crippen molar-refractivity contribution >= 4 is 0 Å². The van der Waals surface area contributed by atoms with E-state index in [2.05, 4.69) is 4.98 Å². The van der Waals surface area contributed by atoms with Crippen LogP contribution in [-0.4, -0.2) is 11.6 Å². The van der Waals surface area contributed by atoms with Gasteiger partial charge in [-0.25, -0.2) is 0 Å². The molecule has 1 heterocycles. The first-order chi connectivity index (χ1) is 8.33. The van der Waals surface area contributed by atoms with Gasteiger partial charge in [-0.1, -0.05) is 18.2 Å². The van der Waals surface area contributed by atoms with Crippen LogP contribution in [0.4, 0.5) is 0 Å². The molecule has 0 fully saturated rings. The standard InChI is InChI=1S/C14H16N2O/c1-2-17-13-6-4-3-5-12(13)14(15)11-7-9-16-10-8-11/h3-10,14H,2,15H2,1H3. The van der Waals surface area contributed by atoms with Crippen molar-refractivity contribution in [3.63, 3.8) is 0 Å². The molecule has 1 aromatic carbocycles. The highest BCUT2D eigenvalue weighted by Crippen LogP contribution is 2.27. The van der Waals surface area contributed by atoms with Gasteiger partial charge >= 0.3 is 0 Å². The van der Waals surface area contributed by atoms with Crippen LogP contribution < -0.4 is 10.5 Å². The summed E-state index contributed by atoms with van der Waals surface area (Å²) in [5.74, 6) is 0.847. The Hall–Kier alpha value is -1.87.